The van der Waals surface area contributed by atoms with E-state index in [1.165, 1.54) is 45.9 Å². The Morgan fingerprint density at radius 2 is 1.90 bits per heavy atom. The van der Waals surface area contributed by atoms with Gasteiger partial charge in [0.15, 0.2) is 5.78 Å². The van der Waals surface area contributed by atoms with Gasteiger partial charge in [0.2, 0.25) is 0 Å². The number of fused-ring (bicyclic) bond motifs is 1. The minimum Gasteiger partial charge on any atom is -0.293 e. The lowest BCUT2D eigenvalue weighted by Crippen LogP contribution is -1.99. The lowest BCUT2D eigenvalue weighted by Gasteiger charge is -1.96. The maximum Gasteiger partial charge on any atom is 0.177 e. The van der Waals surface area contributed by atoms with Crippen LogP contribution in [0.5, 0.6) is 0 Å². The highest BCUT2D eigenvalue weighted by atomic mass is 32.1. The molecule has 3 heteroatoms. The smallest absolute Gasteiger partial charge is 0.177 e. The molecule has 1 aliphatic rings. The second kappa shape index (κ2) is 6.23. The summed E-state index contributed by atoms with van der Waals surface area (Å²) in [4.78, 5) is 17.4. The molecule has 1 aliphatic carbocycles. The molecule has 2 aromatic heterocycles. The Kier molecular flexibility index (Phi) is 4.37. The zero-order valence-electron chi connectivity index (χ0n) is 11.9. The molecular formula is C17H20OS2. The Balaban J connectivity index is 1.74. The molecule has 0 atom stereocenters. The van der Waals surface area contributed by atoms with Gasteiger partial charge in [0.05, 0.1) is 4.88 Å². The number of rotatable bonds is 4. The van der Waals surface area contributed by atoms with Crippen molar-refractivity contribution in [2.45, 2.75) is 51.9 Å². The van der Waals surface area contributed by atoms with Crippen molar-refractivity contribution in [2.24, 2.45) is 0 Å². The molecule has 106 valence electrons. The molecule has 2 aromatic rings. The maximum atomic E-state index is 12.4. The topological polar surface area (TPSA) is 17.1 Å². The standard InChI is InChI=1S/C17H20OS2/c1-2-13-8-9-14(19-13)11-15(18)17-10-12-6-4-3-5-7-16(12)20-17/h8-10H,2-7,11H2,1H3. The Morgan fingerprint density at radius 3 is 2.70 bits per heavy atom. The summed E-state index contributed by atoms with van der Waals surface area (Å²) in [5.41, 5.74) is 1.44. The van der Waals surface area contributed by atoms with Crippen molar-refractivity contribution in [3.63, 3.8) is 0 Å². The third kappa shape index (κ3) is 3.04. The minimum atomic E-state index is 0.299. The fraction of sp³-hybridized carbons (Fsp3) is 0.471. The first-order chi connectivity index (χ1) is 9.76. The molecule has 0 unspecified atom stereocenters. The molecule has 0 aromatic carbocycles. The molecule has 2 heterocycles. The quantitative estimate of drug-likeness (QED) is 0.569. The van der Waals surface area contributed by atoms with Crippen LogP contribution in [0.4, 0.5) is 0 Å². The molecule has 3 rings (SSSR count). The monoisotopic (exact) mass is 304 g/mol. The predicted octanol–water partition coefficient (Wildman–Crippen LogP) is 5.07. The van der Waals surface area contributed by atoms with Crippen LogP contribution in [0.3, 0.4) is 0 Å². The normalized spacial score (nSPS) is 14.8. The van der Waals surface area contributed by atoms with Gasteiger partial charge in [-0.15, -0.1) is 22.7 Å². The molecule has 0 aliphatic heterocycles. The first-order valence-corrected chi connectivity index (χ1v) is 9.12. The van der Waals surface area contributed by atoms with Crippen LogP contribution in [0, 0.1) is 0 Å². The van der Waals surface area contributed by atoms with Gasteiger partial charge in [0, 0.05) is 21.1 Å². The second-order valence-electron chi connectivity index (χ2n) is 5.44. The van der Waals surface area contributed by atoms with Crippen LogP contribution >= 0.6 is 22.7 Å². The van der Waals surface area contributed by atoms with E-state index >= 15 is 0 Å². The van der Waals surface area contributed by atoms with Gasteiger partial charge in [-0.2, -0.15) is 0 Å². The van der Waals surface area contributed by atoms with E-state index in [4.69, 9.17) is 0 Å². The third-order valence-corrected chi connectivity index (χ3v) is 6.43. The summed E-state index contributed by atoms with van der Waals surface area (Å²) in [5, 5.41) is 0. The van der Waals surface area contributed by atoms with Crippen LogP contribution in [0.25, 0.3) is 0 Å². The van der Waals surface area contributed by atoms with E-state index in [2.05, 4.69) is 25.1 Å². The van der Waals surface area contributed by atoms with Crippen LogP contribution in [0.2, 0.25) is 0 Å². The molecule has 0 saturated carbocycles. The lowest BCUT2D eigenvalue weighted by atomic mass is 10.1. The summed E-state index contributed by atoms with van der Waals surface area (Å²) < 4.78 is 0. The summed E-state index contributed by atoms with van der Waals surface area (Å²) in [6.07, 6.45) is 7.87. The van der Waals surface area contributed by atoms with Gasteiger partial charge in [-0.25, -0.2) is 0 Å². The second-order valence-corrected chi connectivity index (χ2v) is 7.83. The number of hydrogen-bond acceptors (Lipinski definition) is 3. The Bertz CT molecular complexity index is 583. The number of Topliss-reactive ketones (excluding diaryl/α,β-unsaturated/α-hetero) is 1. The summed E-state index contributed by atoms with van der Waals surface area (Å²) in [6, 6.07) is 6.43. The predicted molar refractivity (Wildman–Crippen MR) is 87.3 cm³/mol. The zero-order valence-corrected chi connectivity index (χ0v) is 13.5. The molecule has 0 radical (unpaired) electrons. The molecule has 0 fully saturated rings. The highest BCUT2D eigenvalue weighted by molar-refractivity contribution is 7.14. The molecule has 0 N–H and O–H groups in total. The Labute approximate surface area is 128 Å². The molecule has 0 saturated heterocycles. The number of aryl methyl sites for hydroxylation is 3. The molecular weight excluding hydrogens is 284 g/mol. The van der Waals surface area contributed by atoms with E-state index in [1.807, 2.05) is 0 Å². The average molecular weight is 304 g/mol. The van der Waals surface area contributed by atoms with E-state index < -0.39 is 0 Å². The lowest BCUT2D eigenvalue weighted by molar-refractivity contribution is 0.0997. The van der Waals surface area contributed by atoms with Crippen molar-refractivity contribution in [2.75, 3.05) is 0 Å². The number of thiophene rings is 2. The summed E-state index contributed by atoms with van der Waals surface area (Å²) in [6.45, 7) is 2.16. The van der Waals surface area contributed by atoms with Gasteiger partial charge in [0.1, 0.15) is 0 Å². The van der Waals surface area contributed by atoms with Crippen molar-refractivity contribution in [1.82, 2.24) is 0 Å². The first-order valence-electron chi connectivity index (χ1n) is 7.48. The molecule has 0 spiro atoms. The Hall–Kier alpha value is -0.930. The van der Waals surface area contributed by atoms with Crippen LogP contribution < -0.4 is 0 Å². The summed E-state index contributed by atoms with van der Waals surface area (Å²) >= 11 is 3.52. The van der Waals surface area contributed by atoms with E-state index in [-0.39, 0.29) is 0 Å². The van der Waals surface area contributed by atoms with Crippen molar-refractivity contribution in [3.05, 3.63) is 43.3 Å². The third-order valence-electron chi connectivity index (χ3n) is 3.92. The summed E-state index contributed by atoms with van der Waals surface area (Å²) in [5.74, 6) is 0.299. The highest BCUT2D eigenvalue weighted by Crippen LogP contribution is 2.30. The Morgan fingerprint density at radius 1 is 1.10 bits per heavy atom. The highest BCUT2D eigenvalue weighted by Gasteiger charge is 2.17. The van der Waals surface area contributed by atoms with E-state index in [9.17, 15) is 4.79 Å². The summed E-state index contributed by atoms with van der Waals surface area (Å²) in [7, 11) is 0. The fourth-order valence-electron chi connectivity index (χ4n) is 2.76. The maximum absolute atomic E-state index is 12.4. The van der Waals surface area contributed by atoms with Crippen LogP contribution in [0.1, 0.15) is 56.1 Å². The molecule has 0 amide bonds. The van der Waals surface area contributed by atoms with Crippen molar-refractivity contribution < 1.29 is 4.79 Å². The minimum absolute atomic E-state index is 0.299. The van der Waals surface area contributed by atoms with Gasteiger partial charge >= 0.3 is 0 Å². The zero-order chi connectivity index (χ0) is 13.9. The fourth-order valence-corrected chi connectivity index (χ4v) is 4.91. The van der Waals surface area contributed by atoms with E-state index in [0.717, 1.165) is 17.7 Å². The number of carbonyl (C=O) groups is 1. The van der Waals surface area contributed by atoms with Crippen molar-refractivity contribution in [3.8, 4) is 0 Å². The van der Waals surface area contributed by atoms with Crippen LogP contribution in [-0.4, -0.2) is 5.78 Å². The number of hydrogen-bond donors (Lipinski definition) is 0. The first kappa shape index (κ1) is 14.0. The van der Waals surface area contributed by atoms with E-state index in [1.54, 1.807) is 22.7 Å². The van der Waals surface area contributed by atoms with Crippen LogP contribution in [0.15, 0.2) is 18.2 Å². The van der Waals surface area contributed by atoms with Gasteiger partial charge < -0.3 is 0 Å². The van der Waals surface area contributed by atoms with Gasteiger partial charge in [-0.3, -0.25) is 4.79 Å². The number of carbonyl (C=O) groups excluding carboxylic acids is 1. The van der Waals surface area contributed by atoms with Gasteiger partial charge in [0.25, 0.3) is 0 Å². The largest absolute Gasteiger partial charge is 0.293 e. The van der Waals surface area contributed by atoms with Gasteiger partial charge in [-0.1, -0.05) is 13.3 Å². The van der Waals surface area contributed by atoms with E-state index in [0.29, 0.717) is 12.2 Å². The molecule has 20 heavy (non-hydrogen) atoms. The van der Waals surface area contributed by atoms with Crippen molar-refractivity contribution in [1.29, 1.82) is 0 Å². The SMILES string of the molecule is CCc1ccc(CC(=O)c2cc3c(s2)CCCCC3)s1. The van der Waals surface area contributed by atoms with Crippen LogP contribution in [-0.2, 0) is 25.7 Å². The average Bonchev–Trinajstić information content (AvgIpc) is 3.01. The van der Waals surface area contributed by atoms with Crippen molar-refractivity contribution >= 4 is 28.5 Å². The number of ketones is 1. The molecule has 1 nitrogen and oxygen atoms in total. The molecule has 0 bridgehead atoms. The van der Waals surface area contributed by atoms with Gasteiger partial charge in [-0.05, 0) is 55.9 Å².